The first-order chi connectivity index (χ1) is 8.60. The maximum atomic E-state index is 10.7. The minimum atomic E-state index is -0.432. The summed E-state index contributed by atoms with van der Waals surface area (Å²) in [5.74, 6) is 1.16. The van der Waals surface area contributed by atoms with E-state index in [4.69, 9.17) is 0 Å². The van der Waals surface area contributed by atoms with Gasteiger partial charge in [-0.15, -0.1) is 0 Å². The van der Waals surface area contributed by atoms with Gasteiger partial charge in [0.1, 0.15) is 5.82 Å². The van der Waals surface area contributed by atoms with Crippen LogP contribution in [0, 0.1) is 17.0 Å². The number of anilines is 1. The third-order valence-electron chi connectivity index (χ3n) is 2.43. The molecule has 2 aromatic rings. The lowest BCUT2D eigenvalue weighted by atomic mass is 10.2. The SMILES string of the molecule is CNc1cc(C)nc(-c2cccc([N+](=O)[O-])c2)n1. The Labute approximate surface area is 104 Å². The number of aryl methyl sites for hydroxylation is 1. The smallest absolute Gasteiger partial charge is 0.270 e. The van der Waals surface area contributed by atoms with Crippen molar-refractivity contribution in [3.8, 4) is 11.4 Å². The maximum Gasteiger partial charge on any atom is 0.270 e. The quantitative estimate of drug-likeness (QED) is 0.662. The van der Waals surface area contributed by atoms with Gasteiger partial charge in [-0.25, -0.2) is 9.97 Å². The summed E-state index contributed by atoms with van der Waals surface area (Å²) in [6, 6.07) is 8.09. The van der Waals surface area contributed by atoms with Crippen molar-refractivity contribution in [3.05, 3.63) is 46.1 Å². The fourth-order valence-corrected chi connectivity index (χ4v) is 1.58. The van der Waals surface area contributed by atoms with E-state index in [2.05, 4.69) is 15.3 Å². The molecule has 6 heteroatoms. The Morgan fingerprint density at radius 2 is 2.06 bits per heavy atom. The number of rotatable bonds is 3. The molecule has 1 aromatic heterocycles. The van der Waals surface area contributed by atoms with Crippen molar-refractivity contribution in [2.75, 3.05) is 12.4 Å². The number of nitrogens with zero attached hydrogens (tertiary/aromatic N) is 3. The Kier molecular flexibility index (Phi) is 3.18. The highest BCUT2D eigenvalue weighted by molar-refractivity contribution is 5.60. The summed E-state index contributed by atoms with van der Waals surface area (Å²) < 4.78 is 0. The Bertz CT molecular complexity index is 598. The lowest BCUT2D eigenvalue weighted by Gasteiger charge is -2.05. The lowest BCUT2D eigenvalue weighted by molar-refractivity contribution is -0.384. The summed E-state index contributed by atoms with van der Waals surface area (Å²) in [5.41, 5.74) is 1.46. The van der Waals surface area contributed by atoms with E-state index in [0.717, 1.165) is 5.69 Å². The van der Waals surface area contributed by atoms with Gasteiger partial charge in [-0.05, 0) is 6.92 Å². The van der Waals surface area contributed by atoms with E-state index < -0.39 is 4.92 Å². The Balaban J connectivity index is 2.51. The summed E-state index contributed by atoms with van der Waals surface area (Å²) in [6.07, 6.45) is 0. The van der Waals surface area contributed by atoms with Crippen molar-refractivity contribution in [2.24, 2.45) is 0 Å². The summed E-state index contributed by atoms with van der Waals surface area (Å²) in [4.78, 5) is 18.9. The molecule has 0 fully saturated rings. The summed E-state index contributed by atoms with van der Waals surface area (Å²) in [6.45, 7) is 1.85. The predicted octanol–water partition coefficient (Wildman–Crippen LogP) is 2.40. The third-order valence-corrected chi connectivity index (χ3v) is 2.43. The van der Waals surface area contributed by atoms with Gasteiger partial charge >= 0.3 is 0 Å². The van der Waals surface area contributed by atoms with Crippen molar-refractivity contribution >= 4 is 11.5 Å². The molecule has 6 nitrogen and oxygen atoms in total. The zero-order chi connectivity index (χ0) is 13.1. The minimum Gasteiger partial charge on any atom is -0.373 e. The van der Waals surface area contributed by atoms with Crippen molar-refractivity contribution < 1.29 is 4.92 Å². The summed E-state index contributed by atoms with van der Waals surface area (Å²) in [7, 11) is 1.76. The first kappa shape index (κ1) is 12.0. The molecule has 0 aliphatic heterocycles. The van der Waals surface area contributed by atoms with Crippen LogP contribution in [0.5, 0.6) is 0 Å². The van der Waals surface area contributed by atoms with Crippen molar-refractivity contribution in [1.82, 2.24) is 9.97 Å². The van der Waals surface area contributed by atoms with Gasteiger partial charge in [0.2, 0.25) is 0 Å². The van der Waals surface area contributed by atoms with Gasteiger partial charge < -0.3 is 5.32 Å². The Morgan fingerprint density at radius 1 is 1.28 bits per heavy atom. The molecule has 1 N–H and O–H groups in total. The zero-order valence-electron chi connectivity index (χ0n) is 10.0. The fraction of sp³-hybridized carbons (Fsp3) is 0.167. The van der Waals surface area contributed by atoms with Crippen molar-refractivity contribution in [3.63, 3.8) is 0 Å². The molecule has 92 valence electrons. The molecule has 18 heavy (non-hydrogen) atoms. The first-order valence-electron chi connectivity index (χ1n) is 5.38. The molecule has 0 amide bonds. The predicted molar refractivity (Wildman–Crippen MR) is 68.4 cm³/mol. The molecule has 0 spiro atoms. The van der Waals surface area contributed by atoms with E-state index in [1.165, 1.54) is 12.1 Å². The van der Waals surface area contributed by atoms with Gasteiger partial charge in [0.15, 0.2) is 5.82 Å². The molecule has 2 rings (SSSR count). The largest absolute Gasteiger partial charge is 0.373 e. The van der Waals surface area contributed by atoms with Gasteiger partial charge in [0.05, 0.1) is 4.92 Å². The highest BCUT2D eigenvalue weighted by Crippen LogP contribution is 2.22. The Morgan fingerprint density at radius 3 is 2.72 bits per heavy atom. The number of nitro groups is 1. The zero-order valence-corrected chi connectivity index (χ0v) is 10.0. The average molecular weight is 244 g/mol. The van der Waals surface area contributed by atoms with E-state index in [1.807, 2.05) is 6.92 Å². The molecule has 0 saturated carbocycles. The van der Waals surface area contributed by atoms with Crippen molar-refractivity contribution in [2.45, 2.75) is 6.92 Å². The van der Waals surface area contributed by atoms with Crippen LogP contribution in [0.2, 0.25) is 0 Å². The standard InChI is InChI=1S/C12H12N4O2/c1-8-6-11(13-2)15-12(14-8)9-4-3-5-10(7-9)16(17)18/h3-7H,1-2H3,(H,13,14,15). The number of nitro benzene ring substituents is 1. The normalized spacial score (nSPS) is 10.1. The van der Waals surface area contributed by atoms with Crippen molar-refractivity contribution in [1.29, 1.82) is 0 Å². The fourth-order valence-electron chi connectivity index (χ4n) is 1.58. The topological polar surface area (TPSA) is 81.0 Å². The summed E-state index contributed by atoms with van der Waals surface area (Å²) >= 11 is 0. The van der Waals surface area contributed by atoms with Crippen LogP contribution >= 0.6 is 0 Å². The van der Waals surface area contributed by atoms with Gasteiger partial charge in [-0.1, -0.05) is 12.1 Å². The molecule has 1 heterocycles. The number of nitrogens with one attached hydrogen (secondary N) is 1. The van der Waals surface area contributed by atoms with E-state index in [-0.39, 0.29) is 5.69 Å². The first-order valence-corrected chi connectivity index (χ1v) is 5.38. The molecule has 0 bridgehead atoms. The molecule has 0 aliphatic rings. The second kappa shape index (κ2) is 4.79. The van der Waals surface area contributed by atoms with Gasteiger partial charge in [-0.3, -0.25) is 10.1 Å². The van der Waals surface area contributed by atoms with Crippen LogP contribution in [0.3, 0.4) is 0 Å². The van der Waals surface area contributed by atoms with Crippen LogP contribution in [0.15, 0.2) is 30.3 Å². The van der Waals surface area contributed by atoms with Crippen LogP contribution in [0.25, 0.3) is 11.4 Å². The van der Waals surface area contributed by atoms with E-state index in [9.17, 15) is 10.1 Å². The average Bonchev–Trinajstić information content (AvgIpc) is 2.38. The molecule has 0 saturated heterocycles. The number of non-ortho nitro benzene ring substituents is 1. The number of hydrogen-bond donors (Lipinski definition) is 1. The molecular weight excluding hydrogens is 232 g/mol. The van der Waals surface area contributed by atoms with Gasteiger partial charge in [0, 0.05) is 36.5 Å². The highest BCUT2D eigenvalue weighted by atomic mass is 16.6. The number of aromatic nitrogens is 2. The molecule has 0 atom stereocenters. The van der Waals surface area contributed by atoms with E-state index in [0.29, 0.717) is 17.2 Å². The van der Waals surface area contributed by atoms with Crippen LogP contribution in [0.1, 0.15) is 5.69 Å². The molecule has 0 unspecified atom stereocenters. The lowest BCUT2D eigenvalue weighted by Crippen LogP contribution is -1.98. The van der Waals surface area contributed by atoms with E-state index in [1.54, 1.807) is 25.2 Å². The van der Waals surface area contributed by atoms with Crippen LogP contribution < -0.4 is 5.32 Å². The second-order valence-corrected chi connectivity index (χ2v) is 3.78. The van der Waals surface area contributed by atoms with Gasteiger partial charge in [0.25, 0.3) is 5.69 Å². The third kappa shape index (κ3) is 2.42. The highest BCUT2D eigenvalue weighted by Gasteiger charge is 2.10. The molecule has 0 aliphatic carbocycles. The molecule has 1 aromatic carbocycles. The van der Waals surface area contributed by atoms with E-state index >= 15 is 0 Å². The summed E-state index contributed by atoms with van der Waals surface area (Å²) in [5, 5.41) is 13.7. The molecular formula is C12H12N4O2. The molecule has 0 radical (unpaired) electrons. The number of benzene rings is 1. The van der Waals surface area contributed by atoms with Gasteiger partial charge in [-0.2, -0.15) is 0 Å². The second-order valence-electron chi connectivity index (χ2n) is 3.78. The maximum absolute atomic E-state index is 10.7. The van der Waals surface area contributed by atoms with Crippen LogP contribution in [-0.2, 0) is 0 Å². The van der Waals surface area contributed by atoms with Crippen LogP contribution in [-0.4, -0.2) is 21.9 Å². The van der Waals surface area contributed by atoms with Crippen LogP contribution in [0.4, 0.5) is 11.5 Å². The minimum absolute atomic E-state index is 0.0311. The monoisotopic (exact) mass is 244 g/mol. The number of hydrogen-bond acceptors (Lipinski definition) is 5. The Hall–Kier alpha value is -2.50.